The quantitative estimate of drug-likeness (QED) is 0.358. The van der Waals surface area contributed by atoms with Crippen molar-refractivity contribution in [3.63, 3.8) is 0 Å². The van der Waals surface area contributed by atoms with Crippen LogP contribution in [0.2, 0.25) is 5.02 Å². The van der Waals surface area contributed by atoms with Crippen LogP contribution in [0.15, 0.2) is 41.5 Å². The van der Waals surface area contributed by atoms with Crippen LogP contribution in [-0.4, -0.2) is 51.3 Å². The molecule has 184 valence electrons. The zero-order valence-corrected chi connectivity index (χ0v) is 20.3. The Morgan fingerprint density at radius 3 is 2.62 bits per heavy atom. The number of hydrogen-bond donors (Lipinski definition) is 0. The molecule has 2 heterocycles. The van der Waals surface area contributed by atoms with Crippen LogP contribution in [-0.2, 0) is 34.8 Å². The first-order chi connectivity index (χ1) is 16.3. The molecule has 0 aliphatic rings. The highest BCUT2D eigenvalue weighted by Gasteiger charge is 2.20. The highest BCUT2D eigenvalue weighted by molar-refractivity contribution is 6.31. The Morgan fingerprint density at radius 1 is 1.09 bits per heavy atom. The summed E-state index contributed by atoms with van der Waals surface area (Å²) < 4.78 is 31.2. The second-order valence-corrected chi connectivity index (χ2v) is 8.96. The van der Waals surface area contributed by atoms with Gasteiger partial charge in [0.25, 0.3) is 5.56 Å². The van der Waals surface area contributed by atoms with Gasteiger partial charge in [-0.25, -0.2) is 13.8 Å². The van der Waals surface area contributed by atoms with Gasteiger partial charge in [0.15, 0.2) is 10.8 Å². The monoisotopic (exact) mass is 492 g/mol. The van der Waals surface area contributed by atoms with Crippen molar-refractivity contribution in [2.75, 3.05) is 26.5 Å². The van der Waals surface area contributed by atoms with E-state index in [2.05, 4.69) is 15.4 Å². The Hall–Kier alpha value is -2.82. The lowest BCUT2D eigenvalue weighted by Gasteiger charge is -2.21. The smallest absolute Gasteiger partial charge is 0.289 e. The van der Waals surface area contributed by atoms with Crippen molar-refractivity contribution < 1.29 is 18.6 Å². The summed E-state index contributed by atoms with van der Waals surface area (Å²) >= 11 is 6.23. The van der Waals surface area contributed by atoms with E-state index in [1.807, 2.05) is 45.0 Å². The first kappa shape index (κ1) is 25.8. The first-order valence-electron chi connectivity index (χ1n) is 10.9. The van der Waals surface area contributed by atoms with E-state index in [-0.39, 0.29) is 24.0 Å². The van der Waals surface area contributed by atoms with E-state index in [9.17, 15) is 9.18 Å². The molecule has 0 amide bonds. The van der Waals surface area contributed by atoms with E-state index in [4.69, 9.17) is 25.8 Å². The number of alkyl halides is 1. The number of halogens is 2. The molecule has 0 saturated heterocycles. The molecule has 0 aliphatic heterocycles. The van der Waals surface area contributed by atoms with E-state index in [1.54, 1.807) is 10.9 Å². The molecule has 0 radical (unpaired) electrons. The van der Waals surface area contributed by atoms with Crippen LogP contribution in [0.4, 0.5) is 4.39 Å². The van der Waals surface area contributed by atoms with E-state index >= 15 is 0 Å². The van der Waals surface area contributed by atoms with Gasteiger partial charge in [-0.05, 0) is 31.9 Å². The fourth-order valence-corrected chi connectivity index (χ4v) is 3.28. The summed E-state index contributed by atoms with van der Waals surface area (Å²) in [5, 5.41) is 12.4. The van der Waals surface area contributed by atoms with E-state index < -0.39 is 17.8 Å². The summed E-state index contributed by atoms with van der Waals surface area (Å²) in [4.78, 5) is 12.5. The fraction of sp³-hybridized carbons (Fsp3) is 0.478. The van der Waals surface area contributed by atoms with Gasteiger partial charge >= 0.3 is 0 Å². The molecule has 11 heteroatoms. The molecule has 3 rings (SSSR count). The zero-order valence-electron chi connectivity index (χ0n) is 19.5. The van der Waals surface area contributed by atoms with Gasteiger partial charge in [0, 0.05) is 0 Å². The van der Waals surface area contributed by atoms with Crippen LogP contribution in [0.1, 0.15) is 37.6 Å². The number of hydrogen-bond acceptors (Lipinski definition) is 7. The second-order valence-electron chi connectivity index (χ2n) is 8.58. The van der Waals surface area contributed by atoms with Crippen LogP contribution >= 0.6 is 11.6 Å². The molecule has 0 unspecified atom stereocenters. The SMILES string of the molecule is CC(C)(C)n1ncc(OCc2cccc(Cn3cc(COCCOCC[18F])nn3)c2)c(Cl)c1=O. The Bertz CT molecular complexity index is 1130. The molecule has 9 nitrogen and oxygen atoms in total. The third-order valence-electron chi connectivity index (χ3n) is 4.68. The van der Waals surface area contributed by atoms with Crippen molar-refractivity contribution in [3.8, 4) is 5.75 Å². The topological polar surface area (TPSA) is 93.3 Å². The number of nitrogens with zero attached hydrogens (tertiary/aromatic N) is 5. The predicted octanol–water partition coefficient (Wildman–Crippen LogP) is 3.37. The molecule has 0 fully saturated rings. The normalized spacial score (nSPS) is 11.7. The van der Waals surface area contributed by atoms with Gasteiger partial charge in [-0.2, -0.15) is 5.10 Å². The average molecular weight is 493 g/mol. The lowest BCUT2D eigenvalue weighted by molar-refractivity contribution is 0.0351. The highest BCUT2D eigenvalue weighted by Crippen LogP contribution is 2.22. The molecule has 34 heavy (non-hydrogen) atoms. The number of benzene rings is 1. The molecular weight excluding hydrogens is 464 g/mol. The maximum Gasteiger partial charge on any atom is 0.289 e. The summed E-state index contributed by atoms with van der Waals surface area (Å²) in [6.07, 6.45) is 3.27. The molecule has 2 aromatic heterocycles. The standard InChI is InChI=1S/C23H29ClFN5O4/c1-23(2,3)30-22(31)21(24)20(12-26-30)34-15-18-6-4-5-17(11-18)13-29-14-19(27-28-29)16-33-10-9-32-8-7-25/h4-6,11-12,14H,7-10,13,15-16H2,1-3H3/i25-1. The van der Waals surface area contributed by atoms with Gasteiger partial charge in [-0.15, -0.1) is 5.10 Å². The summed E-state index contributed by atoms with van der Waals surface area (Å²) in [5.74, 6) is 0.244. The minimum atomic E-state index is -0.503. The Kier molecular flexibility index (Phi) is 9.14. The minimum absolute atomic E-state index is 0.00687. The third-order valence-corrected chi connectivity index (χ3v) is 5.03. The minimum Gasteiger partial charge on any atom is -0.485 e. The third kappa shape index (κ3) is 7.34. The Morgan fingerprint density at radius 2 is 1.85 bits per heavy atom. The molecule has 0 aliphatic carbocycles. The van der Waals surface area contributed by atoms with Crippen LogP contribution < -0.4 is 10.3 Å². The summed E-state index contributed by atoms with van der Waals surface area (Å²) in [6, 6.07) is 7.80. The molecule has 0 saturated carbocycles. The summed E-state index contributed by atoms with van der Waals surface area (Å²) in [5.41, 5.74) is 1.73. The summed E-state index contributed by atoms with van der Waals surface area (Å²) in [7, 11) is 0. The van der Waals surface area contributed by atoms with Crippen molar-refractivity contribution in [3.05, 3.63) is 68.9 Å². The number of rotatable bonds is 12. The molecule has 1 aromatic carbocycles. The van der Waals surface area contributed by atoms with Crippen molar-refractivity contribution in [1.29, 1.82) is 0 Å². The average Bonchev–Trinajstić information content (AvgIpc) is 3.23. The van der Waals surface area contributed by atoms with Crippen LogP contribution in [0, 0.1) is 0 Å². The van der Waals surface area contributed by atoms with Crippen LogP contribution in [0.25, 0.3) is 0 Å². The van der Waals surface area contributed by atoms with Gasteiger partial charge in [-0.1, -0.05) is 41.1 Å². The maximum atomic E-state index is 12.5. The number of ether oxygens (including phenoxy) is 3. The van der Waals surface area contributed by atoms with Crippen molar-refractivity contribution in [2.45, 2.75) is 46.1 Å². The van der Waals surface area contributed by atoms with Crippen molar-refractivity contribution in [1.82, 2.24) is 24.8 Å². The largest absolute Gasteiger partial charge is 0.485 e. The maximum absolute atomic E-state index is 12.5. The van der Waals surface area contributed by atoms with Gasteiger partial charge in [0.2, 0.25) is 0 Å². The van der Waals surface area contributed by atoms with Gasteiger partial charge in [-0.3, -0.25) is 4.79 Å². The Labute approximate surface area is 202 Å². The zero-order chi connectivity index (χ0) is 24.6. The van der Waals surface area contributed by atoms with Crippen LogP contribution in [0.3, 0.4) is 0 Å². The van der Waals surface area contributed by atoms with Crippen LogP contribution in [0.5, 0.6) is 5.75 Å². The Balaban J connectivity index is 1.54. The van der Waals surface area contributed by atoms with Gasteiger partial charge in [0.1, 0.15) is 19.0 Å². The van der Waals surface area contributed by atoms with Crippen molar-refractivity contribution in [2.24, 2.45) is 0 Å². The first-order valence-corrected chi connectivity index (χ1v) is 11.2. The van der Waals surface area contributed by atoms with E-state index in [0.717, 1.165) is 11.1 Å². The number of aromatic nitrogens is 5. The second kappa shape index (κ2) is 12.0. The van der Waals surface area contributed by atoms with E-state index in [1.165, 1.54) is 10.9 Å². The lowest BCUT2D eigenvalue weighted by atomic mass is 10.1. The molecular formula is C23H29ClFN5O4. The molecule has 0 atom stereocenters. The molecule has 0 N–H and O–H groups in total. The predicted molar refractivity (Wildman–Crippen MR) is 125 cm³/mol. The van der Waals surface area contributed by atoms with Gasteiger partial charge in [0.05, 0.1) is 50.9 Å². The molecule has 0 spiro atoms. The molecule has 0 bridgehead atoms. The van der Waals surface area contributed by atoms with Crippen molar-refractivity contribution >= 4 is 11.6 Å². The van der Waals surface area contributed by atoms with Gasteiger partial charge < -0.3 is 14.2 Å². The fourth-order valence-electron chi connectivity index (χ4n) is 3.10. The highest BCUT2D eigenvalue weighted by atomic mass is 35.5. The lowest BCUT2D eigenvalue weighted by Crippen LogP contribution is -2.36. The molecule has 3 aromatic rings. The summed E-state index contributed by atoms with van der Waals surface area (Å²) in [6.45, 7) is 6.95. The van der Waals surface area contributed by atoms with E-state index in [0.29, 0.717) is 32.1 Å².